The first-order chi connectivity index (χ1) is 12.1. The molecule has 5 nitrogen and oxygen atoms in total. The van der Waals surface area contributed by atoms with Gasteiger partial charge in [-0.05, 0) is 47.4 Å². The maximum atomic E-state index is 12.2. The highest BCUT2D eigenvalue weighted by Crippen LogP contribution is 2.41. The van der Waals surface area contributed by atoms with E-state index in [0.29, 0.717) is 18.0 Å². The first kappa shape index (κ1) is 17.1. The molecule has 0 spiro atoms. The van der Waals surface area contributed by atoms with Crippen molar-refractivity contribution in [1.82, 2.24) is 4.90 Å². The van der Waals surface area contributed by atoms with Gasteiger partial charge in [0.05, 0.1) is 27.4 Å². The van der Waals surface area contributed by atoms with Crippen LogP contribution in [0.1, 0.15) is 29.7 Å². The summed E-state index contributed by atoms with van der Waals surface area (Å²) in [7, 11) is 4.90. The Bertz CT molecular complexity index is 770. The molecule has 3 rings (SSSR count). The summed E-state index contributed by atoms with van der Waals surface area (Å²) in [6.07, 6.45) is 0.794. The third-order valence-corrected chi connectivity index (χ3v) is 4.71. The number of nitrogens with zero attached hydrogens (tertiary/aromatic N) is 1. The number of carbonyl (C=O) groups excluding carboxylic acids is 1. The van der Waals surface area contributed by atoms with Crippen molar-refractivity contribution >= 4 is 5.91 Å². The smallest absolute Gasteiger partial charge is 0.220 e. The minimum atomic E-state index is -0.146. The van der Waals surface area contributed by atoms with Gasteiger partial charge in [-0.25, -0.2) is 0 Å². The summed E-state index contributed by atoms with van der Waals surface area (Å²) in [4.78, 5) is 14.1. The van der Waals surface area contributed by atoms with E-state index in [4.69, 9.17) is 14.2 Å². The van der Waals surface area contributed by atoms with Crippen LogP contribution >= 0.6 is 0 Å². The fraction of sp³-hybridized carbons (Fsp3) is 0.350. The average Bonchev–Trinajstić information content (AvgIpc) is 2.65. The summed E-state index contributed by atoms with van der Waals surface area (Å²) in [5, 5.41) is 0. The summed E-state index contributed by atoms with van der Waals surface area (Å²) < 4.78 is 16.1. The second-order valence-corrected chi connectivity index (χ2v) is 6.04. The van der Waals surface area contributed by atoms with Crippen molar-refractivity contribution in [2.24, 2.45) is 0 Å². The monoisotopic (exact) mass is 341 g/mol. The van der Waals surface area contributed by atoms with Crippen LogP contribution in [0.3, 0.4) is 0 Å². The molecular weight excluding hydrogens is 318 g/mol. The molecule has 0 bridgehead atoms. The first-order valence-corrected chi connectivity index (χ1v) is 8.25. The number of ether oxygens (including phenoxy) is 3. The topological polar surface area (TPSA) is 48.0 Å². The summed E-state index contributed by atoms with van der Waals surface area (Å²) in [6, 6.07) is 11.7. The Morgan fingerprint density at radius 1 is 1.00 bits per heavy atom. The molecule has 5 heteroatoms. The van der Waals surface area contributed by atoms with Crippen LogP contribution in [0.2, 0.25) is 0 Å². The van der Waals surface area contributed by atoms with E-state index in [0.717, 1.165) is 23.3 Å². The molecule has 0 aromatic heterocycles. The Morgan fingerprint density at radius 2 is 1.64 bits per heavy atom. The molecule has 1 aliphatic rings. The van der Waals surface area contributed by atoms with E-state index in [1.165, 1.54) is 5.56 Å². The van der Waals surface area contributed by atoms with Gasteiger partial charge in [-0.3, -0.25) is 4.79 Å². The predicted octanol–water partition coefficient (Wildman–Crippen LogP) is 3.21. The summed E-state index contributed by atoms with van der Waals surface area (Å²) in [5.74, 6) is 2.24. The van der Waals surface area contributed by atoms with Crippen molar-refractivity contribution in [2.45, 2.75) is 19.4 Å². The van der Waals surface area contributed by atoms with Gasteiger partial charge in [-0.15, -0.1) is 0 Å². The van der Waals surface area contributed by atoms with E-state index in [1.54, 1.807) is 28.3 Å². The molecule has 0 N–H and O–H groups in total. The van der Waals surface area contributed by atoms with Gasteiger partial charge in [0.1, 0.15) is 5.75 Å². The maximum absolute atomic E-state index is 12.2. The van der Waals surface area contributed by atoms with E-state index in [1.807, 2.05) is 41.3 Å². The first-order valence-electron chi connectivity index (χ1n) is 8.25. The highest BCUT2D eigenvalue weighted by molar-refractivity contribution is 5.75. The molecule has 1 amide bonds. The van der Waals surface area contributed by atoms with E-state index in [9.17, 15) is 4.79 Å². The van der Waals surface area contributed by atoms with Crippen molar-refractivity contribution < 1.29 is 19.0 Å². The van der Waals surface area contributed by atoms with Gasteiger partial charge in [0, 0.05) is 13.5 Å². The quantitative estimate of drug-likeness (QED) is 0.857. The molecule has 1 aliphatic heterocycles. The van der Waals surface area contributed by atoms with Crippen molar-refractivity contribution in [1.29, 1.82) is 0 Å². The van der Waals surface area contributed by atoms with Crippen molar-refractivity contribution in [3.63, 3.8) is 0 Å². The second-order valence-electron chi connectivity index (χ2n) is 6.04. The molecule has 0 fully saturated rings. The fourth-order valence-corrected chi connectivity index (χ4v) is 3.43. The van der Waals surface area contributed by atoms with E-state index in [-0.39, 0.29) is 11.9 Å². The number of rotatable bonds is 4. The second kappa shape index (κ2) is 7.05. The largest absolute Gasteiger partial charge is 0.497 e. The molecule has 0 aliphatic carbocycles. The highest BCUT2D eigenvalue weighted by atomic mass is 16.5. The zero-order chi connectivity index (χ0) is 18.0. The van der Waals surface area contributed by atoms with E-state index >= 15 is 0 Å². The molecule has 132 valence electrons. The van der Waals surface area contributed by atoms with Crippen molar-refractivity contribution in [3.8, 4) is 17.2 Å². The van der Waals surface area contributed by atoms with Crippen LogP contribution in [0.5, 0.6) is 17.2 Å². The lowest BCUT2D eigenvalue weighted by Crippen LogP contribution is -2.39. The van der Waals surface area contributed by atoms with Crippen LogP contribution in [0, 0.1) is 0 Å². The number of fused-ring (bicyclic) bond motifs is 1. The minimum Gasteiger partial charge on any atom is -0.497 e. The number of carbonyl (C=O) groups is 1. The number of amides is 1. The molecule has 25 heavy (non-hydrogen) atoms. The lowest BCUT2D eigenvalue weighted by molar-refractivity contribution is -0.130. The van der Waals surface area contributed by atoms with Crippen LogP contribution in [0.15, 0.2) is 36.4 Å². The molecule has 1 atom stereocenters. The van der Waals surface area contributed by atoms with Crippen LogP contribution < -0.4 is 14.2 Å². The lowest BCUT2D eigenvalue weighted by Gasteiger charge is -2.37. The molecule has 0 saturated carbocycles. The molecule has 2 aromatic rings. The number of hydrogen-bond acceptors (Lipinski definition) is 4. The molecule has 0 radical (unpaired) electrons. The summed E-state index contributed by atoms with van der Waals surface area (Å²) >= 11 is 0. The highest BCUT2D eigenvalue weighted by Gasteiger charge is 2.31. The Labute approximate surface area is 148 Å². The number of hydrogen-bond donors (Lipinski definition) is 0. The SMILES string of the molecule is COc1ccc(C2c3cc(OC)c(OC)cc3CCN2C(C)=O)cc1. The molecule has 2 aromatic carbocycles. The van der Waals surface area contributed by atoms with Gasteiger partial charge >= 0.3 is 0 Å². The maximum Gasteiger partial charge on any atom is 0.220 e. The molecule has 1 heterocycles. The normalized spacial score (nSPS) is 16.2. The molecule has 0 saturated heterocycles. The Hall–Kier alpha value is -2.69. The lowest BCUT2D eigenvalue weighted by atomic mass is 9.87. The Morgan fingerprint density at radius 3 is 2.20 bits per heavy atom. The Kier molecular flexibility index (Phi) is 4.83. The van der Waals surface area contributed by atoms with Crippen LogP contribution in [0.4, 0.5) is 0 Å². The number of methoxy groups -OCH3 is 3. The molecular formula is C20H23NO4. The zero-order valence-electron chi connectivity index (χ0n) is 15.0. The van der Waals surface area contributed by atoms with Crippen LogP contribution in [0.25, 0.3) is 0 Å². The van der Waals surface area contributed by atoms with Gasteiger partial charge in [-0.1, -0.05) is 12.1 Å². The van der Waals surface area contributed by atoms with E-state index in [2.05, 4.69) is 0 Å². The van der Waals surface area contributed by atoms with Gasteiger partial charge in [0.25, 0.3) is 0 Å². The molecule has 1 unspecified atom stereocenters. The third kappa shape index (κ3) is 3.14. The van der Waals surface area contributed by atoms with Crippen LogP contribution in [-0.2, 0) is 11.2 Å². The summed E-state index contributed by atoms with van der Waals surface area (Å²) in [6.45, 7) is 2.29. The Balaban J connectivity index is 2.13. The van der Waals surface area contributed by atoms with Gasteiger partial charge in [0.2, 0.25) is 5.91 Å². The van der Waals surface area contributed by atoms with E-state index < -0.39 is 0 Å². The average molecular weight is 341 g/mol. The zero-order valence-corrected chi connectivity index (χ0v) is 15.0. The third-order valence-electron chi connectivity index (χ3n) is 4.71. The van der Waals surface area contributed by atoms with Gasteiger partial charge in [-0.2, -0.15) is 0 Å². The predicted molar refractivity (Wildman–Crippen MR) is 95.5 cm³/mol. The van der Waals surface area contributed by atoms with Gasteiger partial charge < -0.3 is 19.1 Å². The summed E-state index contributed by atoms with van der Waals surface area (Å²) in [5.41, 5.74) is 3.30. The van der Waals surface area contributed by atoms with Crippen molar-refractivity contribution in [2.75, 3.05) is 27.9 Å². The standard InChI is InChI=1S/C20H23NO4/c1-13(22)21-10-9-15-11-18(24-3)19(25-4)12-17(15)20(21)14-5-7-16(23-2)8-6-14/h5-8,11-12,20H,9-10H2,1-4H3. The fourth-order valence-electron chi connectivity index (χ4n) is 3.43. The van der Waals surface area contributed by atoms with Crippen molar-refractivity contribution in [3.05, 3.63) is 53.1 Å². The number of benzene rings is 2. The van der Waals surface area contributed by atoms with Gasteiger partial charge in [0.15, 0.2) is 11.5 Å². The minimum absolute atomic E-state index is 0.0567. The van der Waals surface area contributed by atoms with Crippen LogP contribution in [-0.4, -0.2) is 38.7 Å².